The summed E-state index contributed by atoms with van der Waals surface area (Å²) in [5.74, 6) is -24.7. The maximum atomic E-state index is 14.6. The fourth-order valence-corrected chi connectivity index (χ4v) is 8.75. The topological polar surface area (TPSA) is 609 Å². The molecule has 1 aliphatic heterocycles. The fraction of sp³-hybridized carbons (Fsp3) is 0.448. The number of urea groups is 1. The lowest BCUT2D eigenvalue weighted by molar-refractivity contribution is -0.156. The van der Waals surface area contributed by atoms with Crippen LogP contribution in [0.5, 0.6) is 0 Å². The number of ketones is 1. The molecule has 1 aliphatic rings. The summed E-state index contributed by atoms with van der Waals surface area (Å²) in [6.45, 7) is 2.27. The average molecular weight is 1370 g/mol. The van der Waals surface area contributed by atoms with E-state index in [0.29, 0.717) is 0 Å². The van der Waals surface area contributed by atoms with Crippen LogP contribution in [0.2, 0.25) is 0 Å². The number of carbonyl (C=O) groups is 18. The number of aliphatic carboxylic acids is 4. The second-order valence-corrected chi connectivity index (χ2v) is 21.4. The monoisotopic (exact) mass is 1370 g/mol. The zero-order chi connectivity index (χ0) is 72.6. The molecule has 3 rings (SSSR count). The van der Waals surface area contributed by atoms with Crippen molar-refractivity contribution < 1.29 is 121 Å². The lowest BCUT2D eigenvalue weighted by atomic mass is 9.96. The molecule has 528 valence electrons. The Labute approximate surface area is 550 Å². The molecule has 39 heteroatoms. The molecule has 1 saturated heterocycles. The number of ether oxygens (including phenoxy) is 2. The molecule has 0 spiro atoms. The van der Waals surface area contributed by atoms with Gasteiger partial charge in [0.25, 0.3) is 0 Å². The predicted octanol–water partition coefficient (Wildman–Crippen LogP) is -5.67. The van der Waals surface area contributed by atoms with E-state index in [2.05, 4.69) is 59.7 Å². The van der Waals surface area contributed by atoms with Crippen molar-refractivity contribution in [2.24, 2.45) is 5.92 Å². The van der Waals surface area contributed by atoms with Gasteiger partial charge in [-0.15, -0.1) is 0 Å². The summed E-state index contributed by atoms with van der Waals surface area (Å²) in [7, 11) is 0. The number of carboxylic acid groups (broad SMARTS) is 4. The highest BCUT2D eigenvalue weighted by atomic mass is 16.6. The zero-order valence-corrected chi connectivity index (χ0v) is 52.3. The van der Waals surface area contributed by atoms with Crippen LogP contribution in [0.3, 0.4) is 0 Å². The van der Waals surface area contributed by atoms with Crippen LogP contribution in [-0.2, 0) is 81.4 Å². The Hall–Kier alpha value is -11.8. The van der Waals surface area contributed by atoms with Crippen LogP contribution >= 0.6 is 0 Å². The van der Waals surface area contributed by atoms with E-state index >= 15 is 0 Å². The van der Waals surface area contributed by atoms with Gasteiger partial charge in [0.2, 0.25) is 59.1 Å². The number of cyclic esters (lactones) is 1. The highest BCUT2D eigenvalue weighted by Gasteiger charge is 2.40. The summed E-state index contributed by atoms with van der Waals surface area (Å²) < 4.78 is 10.5. The summed E-state index contributed by atoms with van der Waals surface area (Å²) in [4.78, 5) is 240. The minimum atomic E-state index is -2.31. The van der Waals surface area contributed by atoms with Crippen LogP contribution in [0.25, 0.3) is 0 Å². The van der Waals surface area contributed by atoms with Crippen molar-refractivity contribution in [3.63, 3.8) is 0 Å². The van der Waals surface area contributed by atoms with Crippen molar-refractivity contribution in [2.75, 3.05) is 43.9 Å². The second kappa shape index (κ2) is 39.7. The second-order valence-electron chi connectivity index (χ2n) is 21.4. The molecule has 0 aromatic heterocycles. The number of anilines is 2. The number of Topliss-reactive ketones (excluding diaryl/α,β-unsaturated/α-hetero) is 1. The molecule has 1 heterocycles. The number of nitrogen functional groups attached to an aromatic ring is 1. The van der Waals surface area contributed by atoms with Crippen molar-refractivity contribution >= 4 is 118 Å². The summed E-state index contributed by atoms with van der Waals surface area (Å²) in [5, 5.41) is 77.1. The third kappa shape index (κ3) is 28.1. The van der Waals surface area contributed by atoms with Crippen molar-refractivity contribution in [1.29, 1.82) is 0 Å². The summed E-state index contributed by atoms with van der Waals surface area (Å²) in [6, 6.07) is -7.02. The Morgan fingerprint density at radius 3 is 1.77 bits per heavy atom. The van der Waals surface area contributed by atoms with Crippen LogP contribution in [0.1, 0.15) is 76.1 Å². The molecule has 1 fully saturated rings. The molecule has 13 amide bonds. The quantitative estimate of drug-likeness (QED) is 0.0162. The number of nitrogens with two attached hydrogens (primary N) is 1. The van der Waals surface area contributed by atoms with Crippen molar-refractivity contribution in [2.45, 2.75) is 126 Å². The summed E-state index contributed by atoms with van der Waals surface area (Å²) >= 11 is 0. The van der Waals surface area contributed by atoms with Crippen molar-refractivity contribution in [3.05, 3.63) is 72.8 Å². The smallest absolute Gasteiger partial charge is 0.407 e. The third-order valence-corrected chi connectivity index (χ3v) is 13.7. The van der Waals surface area contributed by atoms with Gasteiger partial charge < -0.3 is 110 Å². The lowest BCUT2D eigenvalue weighted by Gasteiger charge is -2.29. The van der Waals surface area contributed by atoms with Crippen LogP contribution < -0.4 is 74.9 Å². The largest absolute Gasteiger partial charge is 0.481 e. The number of hydrogen-bond acceptors (Lipinski definition) is 22. The van der Waals surface area contributed by atoms with Crippen LogP contribution in [-0.4, -0.2) is 226 Å². The first-order valence-electron chi connectivity index (χ1n) is 29.4. The number of rotatable bonds is 23. The fourth-order valence-electron chi connectivity index (χ4n) is 8.75. The van der Waals surface area contributed by atoms with E-state index < -0.39 is 231 Å². The first-order valence-corrected chi connectivity index (χ1v) is 29.4. The molecular weight excluding hydrogens is 1290 g/mol. The van der Waals surface area contributed by atoms with E-state index in [1.54, 1.807) is 6.07 Å². The lowest BCUT2D eigenvalue weighted by Crippen LogP contribution is -2.61. The number of para-hydroxylation sites is 2. The van der Waals surface area contributed by atoms with Crippen LogP contribution in [0.4, 0.5) is 21.0 Å². The Kier molecular flexibility index (Phi) is 32.5. The van der Waals surface area contributed by atoms with Crippen LogP contribution in [0.15, 0.2) is 67.3 Å². The number of hydrogen-bond donors (Lipinski definition) is 19. The molecule has 20 N–H and O–H groups in total. The molecule has 39 nitrogen and oxygen atoms in total. The standard InChI is InChI=1S/C58H76N14O25/c1-5-18-96-58(95)60-17-11-16-33-50(87)68-35(22-44(81)82)51(88)63-28(3)48(85)67-34(21-43(79)80)49(86)61-24-41(76)66-38(26-73)53(90)71-46(27(2)19-42(77)78)55(92)69-37(20-39(74)31-14-9-10-15-32(31)59)56(93)97-29(4)47(54(91)62-25-40(75)65-33)72-52(89)36(23-45(83)84)70-57(94)64-30-12-7-6-8-13-30/h5-10,12-15,27-29,33-38,46-47,73H,1,11,16-26,59H2,2-4H3,(H,60,95)(H,61,86)(H,62,91)(H,63,88)(H,65,75)(H,66,76)(H,67,85)(H,68,87)(H,69,92)(H,71,90)(H,72,89)(H,77,78)(H,79,80)(H,81,82)(H,83,84)(H2,64,70,94)/t27?,28-,29-,33+,34+,35+,36+,37+,38-,46+,47+/m1/s1. The maximum absolute atomic E-state index is 14.6. The highest BCUT2D eigenvalue weighted by molar-refractivity contribution is 6.05. The molecule has 2 aromatic carbocycles. The van der Waals surface area contributed by atoms with Gasteiger partial charge in [-0.05, 0) is 56.9 Å². The van der Waals surface area contributed by atoms with Crippen molar-refractivity contribution in [3.8, 4) is 0 Å². The molecule has 97 heavy (non-hydrogen) atoms. The molecule has 1 unspecified atom stereocenters. The van der Waals surface area contributed by atoms with E-state index in [4.69, 9.17) is 15.2 Å². The Balaban J connectivity index is 2.28. The van der Waals surface area contributed by atoms with E-state index in [1.165, 1.54) is 54.6 Å². The third-order valence-electron chi connectivity index (χ3n) is 13.7. The summed E-state index contributed by atoms with van der Waals surface area (Å²) in [6.07, 6.45) is -8.13. The number of aliphatic hydroxyl groups excluding tert-OH is 1. The SMILES string of the molecule is C=CCOC(=O)NCCC[C@@H]1NC(=O)CNC(=O)[C@@H](NC(=O)[C@H](CC(=O)O)NC(=O)Nc2ccccc2)[C@@H](C)OC(=O)[C@H](CC(=O)c2ccccc2N)NC(=O)[C@H](C(C)CC(=O)O)NC(=O)[C@@H](CO)NC(=O)CNC(=O)[C@H](CC(=O)O)NC(=O)[C@@H](C)NC(=O)[C@H](CC(=O)O)NC1=O. The molecule has 11 atom stereocenters. The van der Waals surface area contributed by atoms with Gasteiger partial charge >= 0.3 is 42.0 Å². The van der Waals surface area contributed by atoms with Gasteiger partial charge in [-0.2, -0.15) is 0 Å². The van der Waals surface area contributed by atoms with Crippen molar-refractivity contribution in [1.82, 2.24) is 63.8 Å². The molecule has 0 radical (unpaired) electrons. The number of carbonyl (C=O) groups excluding carboxylic acids is 14. The normalized spacial score (nSPS) is 22.1. The van der Waals surface area contributed by atoms with E-state index in [-0.39, 0.29) is 36.5 Å². The molecule has 0 aliphatic carbocycles. The van der Waals surface area contributed by atoms with Gasteiger partial charge in [0.05, 0.1) is 45.4 Å². The van der Waals surface area contributed by atoms with E-state index in [0.717, 1.165) is 20.8 Å². The maximum Gasteiger partial charge on any atom is 0.407 e. The van der Waals surface area contributed by atoms with Gasteiger partial charge in [0, 0.05) is 29.9 Å². The Morgan fingerprint density at radius 1 is 0.639 bits per heavy atom. The number of esters is 1. The number of aliphatic hydroxyl groups is 1. The number of alkyl carbamates (subject to hydrolysis) is 1. The first-order chi connectivity index (χ1) is 45.7. The van der Waals surface area contributed by atoms with E-state index in [1.807, 2.05) is 16.0 Å². The first kappa shape index (κ1) is 79.4. The molecule has 0 saturated carbocycles. The minimum Gasteiger partial charge on any atom is -0.481 e. The summed E-state index contributed by atoms with van der Waals surface area (Å²) in [5.41, 5.74) is 5.80. The van der Waals surface area contributed by atoms with Gasteiger partial charge in [-0.1, -0.05) is 49.9 Å². The number of benzene rings is 2. The average Bonchev–Trinajstić information content (AvgIpc) is 0.869. The van der Waals surface area contributed by atoms with Gasteiger partial charge in [-0.3, -0.25) is 71.9 Å². The Bertz CT molecular complexity index is 3280. The van der Waals surface area contributed by atoms with E-state index in [9.17, 15) is 112 Å². The van der Waals surface area contributed by atoms with Crippen LogP contribution in [0, 0.1) is 5.92 Å². The molecular formula is C58H76N14O25. The number of amides is 13. The molecule has 2 aromatic rings. The number of nitrogens with one attached hydrogen (secondary N) is 13. The van der Waals surface area contributed by atoms with Gasteiger partial charge in [0.15, 0.2) is 5.78 Å². The van der Waals surface area contributed by atoms with Gasteiger partial charge in [-0.25, -0.2) is 14.4 Å². The highest BCUT2D eigenvalue weighted by Crippen LogP contribution is 2.18. The van der Waals surface area contributed by atoms with Gasteiger partial charge in [0.1, 0.15) is 67.1 Å². The predicted molar refractivity (Wildman–Crippen MR) is 329 cm³/mol. The minimum absolute atomic E-state index is 0.157. The molecule has 0 bridgehead atoms. The Morgan fingerprint density at radius 2 is 1.19 bits per heavy atom. The zero-order valence-electron chi connectivity index (χ0n) is 52.3. The number of carboxylic acids is 4.